The molecule has 2 N–H and O–H groups in total. The normalized spacial score (nSPS) is 13.4. The number of hydrogen-bond donors (Lipinski definition) is 2. The van der Waals surface area contributed by atoms with Gasteiger partial charge in [-0.05, 0) is 31.5 Å². The highest BCUT2D eigenvalue weighted by Gasteiger charge is 2.18. The van der Waals surface area contributed by atoms with Gasteiger partial charge in [-0.15, -0.1) is 11.3 Å². The van der Waals surface area contributed by atoms with Crippen LogP contribution < -0.4 is 25.2 Å². The first-order valence-corrected chi connectivity index (χ1v) is 11.0. The highest BCUT2D eigenvalue weighted by atomic mass is 32.1. The van der Waals surface area contributed by atoms with Crippen molar-refractivity contribution in [1.82, 2.24) is 15.8 Å². The van der Waals surface area contributed by atoms with Crippen molar-refractivity contribution in [3.05, 3.63) is 34.8 Å². The van der Waals surface area contributed by atoms with Gasteiger partial charge in [0.2, 0.25) is 5.91 Å². The molecule has 3 rings (SSSR count). The summed E-state index contributed by atoms with van der Waals surface area (Å²) in [6.07, 6.45) is 0.585. The number of carbonyl (C=O) groups excluding carboxylic acids is 3. The molecule has 172 valence electrons. The number of morpholine rings is 1. The summed E-state index contributed by atoms with van der Waals surface area (Å²) in [5.74, 6) is 0.0635. The minimum absolute atomic E-state index is 0.0662. The van der Waals surface area contributed by atoms with Gasteiger partial charge in [0.25, 0.3) is 5.91 Å². The smallest absolute Gasteiger partial charge is 0.289 e. The number of nitrogens with one attached hydrogen (secondary N) is 2. The Labute approximate surface area is 189 Å². The number of ether oxygens (including phenoxy) is 3. The number of methoxy groups -OCH3 is 1. The fourth-order valence-corrected chi connectivity index (χ4v) is 3.80. The molecule has 2 aromatic rings. The molecule has 1 fully saturated rings. The van der Waals surface area contributed by atoms with Gasteiger partial charge < -0.3 is 19.1 Å². The van der Waals surface area contributed by atoms with Gasteiger partial charge in [0, 0.05) is 30.5 Å². The quantitative estimate of drug-likeness (QED) is 0.329. The molecule has 0 saturated carbocycles. The monoisotopic (exact) mass is 462 g/mol. The van der Waals surface area contributed by atoms with Crippen molar-refractivity contribution in [2.24, 2.45) is 0 Å². The third-order valence-electron chi connectivity index (χ3n) is 4.70. The molecule has 10 nitrogen and oxygen atoms in total. The first-order valence-electron chi connectivity index (χ1n) is 10.2. The Hall–Kier alpha value is -3.18. The molecule has 1 aromatic heterocycles. The number of rotatable bonds is 9. The Morgan fingerprint density at radius 3 is 2.69 bits per heavy atom. The van der Waals surface area contributed by atoms with Crippen molar-refractivity contribution in [2.45, 2.75) is 19.8 Å². The molecule has 1 aliphatic heterocycles. The number of amides is 2. The lowest BCUT2D eigenvalue weighted by Gasteiger charge is -2.25. The van der Waals surface area contributed by atoms with Gasteiger partial charge in [0.1, 0.15) is 5.69 Å². The number of benzene rings is 1. The number of hydrazine groups is 1. The zero-order chi connectivity index (χ0) is 22.9. The van der Waals surface area contributed by atoms with Crippen molar-refractivity contribution >= 4 is 34.1 Å². The maximum Gasteiger partial charge on any atom is 0.289 e. The summed E-state index contributed by atoms with van der Waals surface area (Å²) in [5.41, 5.74) is 5.54. The molecule has 1 aliphatic rings. The number of hydrogen-bond acceptors (Lipinski definition) is 9. The van der Waals surface area contributed by atoms with Crippen molar-refractivity contribution in [3.8, 4) is 11.5 Å². The van der Waals surface area contributed by atoms with Crippen LogP contribution in [0.25, 0.3) is 0 Å². The van der Waals surface area contributed by atoms with Crippen LogP contribution in [0.1, 0.15) is 40.6 Å². The molecule has 0 radical (unpaired) electrons. The number of ketones is 1. The van der Waals surface area contributed by atoms with Crippen molar-refractivity contribution < 1.29 is 28.6 Å². The predicted molar refractivity (Wildman–Crippen MR) is 118 cm³/mol. The molecule has 0 aliphatic carbocycles. The fraction of sp³-hybridized carbons (Fsp3) is 0.429. The summed E-state index contributed by atoms with van der Waals surface area (Å²) in [6.45, 7) is 4.49. The molecule has 0 atom stereocenters. The minimum Gasteiger partial charge on any atom is -0.493 e. The van der Waals surface area contributed by atoms with Gasteiger partial charge in [0.05, 0.1) is 26.9 Å². The lowest BCUT2D eigenvalue weighted by molar-refractivity contribution is -0.122. The van der Waals surface area contributed by atoms with E-state index in [0.717, 1.165) is 18.2 Å². The van der Waals surface area contributed by atoms with Gasteiger partial charge in [-0.1, -0.05) is 0 Å². The molecule has 1 aromatic carbocycles. The number of aromatic nitrogens is 1. The van der Waals surface area contributed by atoms with Crippen molar-refractivity contribution in [2.75, 3.05) is 44.9 Å². The average Bonchev–Trinajstić information content (AvgIpc) is 3.31. The molecule has 2 heterocycles. The largest absolute Gasteiger partial charge is 0.493 e. The Kier molecular flexibility index (Phi) is 8.40. The standard InChI is InChI=1S/C21H26N4O6S/c1-14(26)15-5-6-17(18(12-15)29-2)31-9-3-4-19(27)23-24-20(28)16-13-32-21(22-16)25-7-10-30-11-8-25/h5-6,12-13H,3-4,7-11H2,1-2H3,(H,23,27)(H,24,28). The fourth-order valence-electron chi connectivity index (χ4n) is 2.94. The molecule has 0 unspecified atom stereocenters. The predicted octanol–water partition coefficient (Wildman–Crippen LogP) is 1.81. The molecule has 11 heteroatoms. The Bertz CT molecular complexity index is 958. The maximum atomic E-state index is 12.2. The van der Waals surface area contributed by atoms with Crippen LogP contribution in [-0.2, 0) is 9.53 Å². The zero-order valence-corrected chi connectivity index (χ0v) is 18.8. The van der Waals surface area contributed by atoms with E-state index in [1.54, 1.807) is 23.6 Å². The topological polar surface area (TPSA) is 119 Å². The van der Waals surface area contributed by atoms with Crippen LogP contribution in [0, 0.1) is 0 Å². The second-order valence-electron chi connectivity index (χ2n) is 6.99. The summed E-state index contributed by atoms with van der Waals surface area (Å²) < 4.78 is 16.2. The van der Waals surface area contributed by atoms with E-state index in [-0.39, 0.29) is 30.4 Å². The first-order chi connectivity index (χ1) is 15.5. The summed E-state index contributed by atoms with van der Waals surface area (Å²) in [5, 5.41) is 2.42. The van der Waals surface area contributed by atoms with E-state index >= 15 is 0 Å². The number of nitrogens with zero attached hydrogens (tertiary/aromatic N) is 2. The van der Waals surface area contributed by atoms with Crippen LogP contribution in [0.3, 0.4) is 0 Å². The maximum absolute atomic E-state index is 12.2. The molecule has 0 spiro atoms. The van der Waals surface area contributed by atoms with Gasteiger partial charge in [-0.25, -0.2) is 4.98 Å². The Morgan fingerprint density at radius 2 is 1.97 bits per heavy atom. The Balaban J connectivity index is 1.38. The average molecular weight is 463 g/mol. The number of anilines is 1. The summed E-state index contributed by atoms with van der Waals surface area (Å²) >= 11 is 1.38. The highest BCUT2D eigenvalue weighted by Crippen LogP contribution is 2.28. The third kappa shape index (κ3) is 6.41. The van der Waals surface area contributed by atoms with Crippen molar-refractivity contribution in [3.63, 3.8) is 0 Å². The number of thiazole rings is 1. The van der Waals surface area contributed by atoms with E-state index in [1.165, 1.54) is 25.4 Å². The van der Waals surface area contributed by atoms with Crippen LogP contribution >= 0.6 is 11.3 Å². The number of Topliss-reactive ketones (excluding diaryl/α,β-unsaturated/α-hetero) is 1. The van der Waals surface area contributed by atoms with Gasteiger partial charge in [-0.3, -0.25) is 25.2 Å². The van der Waals surface area contributed by atoms with Gasteiger partial charge in [0.15, 0.2) is 22.4 Å². The zero-order valence-electron chi connectivity index (χ0n) is 18.0. The van der Waals surface area contributed by atoms with E-state index in [4.69, 9.17) is 14.2 Å². The van der Waals surface area contributed by atoms with Crippen molar-refractivity contribution in [1.29, 1.82) is 0 Å². The molecular weight excluding hydrogens is 436 g/mol. The van der Waals surface area contributed by atoms with Crippen LogP contribution in [-0.4, -0.2) is 62.6 Å². The third-order valence-corrected chi connectivity index (χ3v) is 5.60. The van der Waals surface area contributed by atoms with E-state index in [9.17, 15) is 14.4 Å². The summed E-state index contributed by atoms with van der Waals surface area (Å²) in [4.78, 5) is 42.1. The minimum atomic E-state index is -0.472. The lowest BCUT2D eigenvalue weighted by Crippen LogP contribution is -2.42. The van der Waals surface area contributed by atoms with Crippen LogP contribution in [0.2, 0.25) is 0 Å². The molecule has 1 saturated heterocycles. The molecule has 2 amide bonds. The van der Waals surface area contributed by atoms with E-state index in [1.807, 2.05) is 0 Å². The Morgan fingerprint density at radius 1 is 1.19 bits per heavy atom. The van der Waals surface area contributed by atoms with Crippen LogP contribution in [0.4, 0.5) is 5.13 Å². The summed E-state index contributed by atoms with van der Waals surface area (Å²) in [7, 11) is 1.49. The SMILES string of the molecule is COc1cc(C(C)=O)ccc1OCCCC(=O)NNC(=O)c1csc(N2CCOCC2)n1. The van der Waals surface area contributed by atoms with Crippen LogP contribution in [0.5, 0.6) is 11.5 Å². The van der Waals surface area contributed by atoms with E-state index < -0.39 is 5.91 Å². The van der Waals surface area contributed by atoms with E-state index in [2.05, 4.69) is 20.7 Å². The molecular formula is C21H26N4O6S. The number of carbonyl (C=O) groups is 3. The first kappa shape index (κ1) is 23.5. The molecule has 0 bridgehead atoms. The molecule has 32 heavy (non-hydrogen) atoms. The van der Waals surface area contributed by atoms with Gasteiger partial charge in [-0.2, -0.15) is 0 Å². The van der Waals surface area contributed by atoms with Gasteiger partial charge >= 0.3 is 0 Å². The van der Waals surface area contributed by atoms with E-state index in [0.29, 0.717) is 36.7 Å². The highest BCUT2D eigenvalue weighted by molar-refractivity contribution is 7.13. The second kappa shape index (κ2) is 11.4. The lowest BCUT2D eigenvalue weighted by atomic mass is 10.1. The van der Waals surface area contributed by atoms with Crippen LogP contribution in [0.15, 0.2) is 23.6 Å². The summed E-state index contributed by atoms with van der Waals surface area (Å²) in [6, 6.07) is 4.93. The second-order valence-corrected chi connectivity index (χ2v) is 7.83.